The summed E-state index contributed by atoms with van der Waals surface area (Å²) in [6, 6.07) is 20.6. The number of rotatable bonds is 16. The van der Waals surface area contributed by atoms with Gasteiger partial charge < -0.3 is 24.4 Å². The molecule has 2 saturated heterocycles. The van der Waals surface area contributed by atoms with Crippen molar-refractivity contribution in [3.8, 4) is 34.4 Å². The Bertz CT molecular complexity index is 2230. The molecular weight excluding hydrogens is 764 g/mol. The molecule has 12 nitrogen and oxygen atoms in total. The highest BCUT2D eigenvalue weighted by Gasteiger charge is 2.25. The number of nitrogens with one attached hydrogen (secondary N) is 2. The Morgan fingerprint density at radius 1 is 0.915 bits per heavy atom. The van der Waals surface area contributed by atoms with Crippen LogP contribution in [-0.4, -0.2) is 81.2 Å². The highest BCUT2D eigenvalue weighted by molar-refractivity contribution is 6.32. The molecule has 1 amide bonds. The molecule has 2 aliphatic heterocycles. The lowest BCUT2D eigenvalue weighted by Crippen LogP contribution is -2.44. The number of likely N-dealkylation sites (tertiary alicyclic amines) is 2. The second kappa shape index (κ2) is 20.0. The molecule has 3 aromatic carbocycles. The maximum atomic E-state index is 11.4. The predicted octanol–water partition coefficient (Wildman–Crippen LogP) is 7.92. The van der Waals surface area contributed by atoms with Crippen LogP contribution in [0.15, 0.2) is 73.3 Å². The van der Waals surface area contributed by atoms with E-state index in [9.17, 15) is 10.1 Å². The Morgan fingerprint density at radius 2 is 1.71 bits per heavy atom. The molecule has 1 unspecified atom stereocenters. The molecule has 2 aromatic heterocycles. The SMILES string of the molecule is CC(=O)NC1CCN(CCCOc2cccc(-c3cccc(COc4cc(OCc5cncc(C#N)c5)c(CN5CCCC(c6ncn[nH]6)C5)cc4Cl)c3C)c2C)CC1. The summed E-state index contributed by atoms with van der Waals surface area (Å²) in [4.78, 5) is 24.9. The number of aromatic nitrogens is 4. The largest absolute Gasteiger partial charge is 0.493 e. The number of pyridine rings is 1. The van der Waals surface area contributed by atoms with Gasteiger partial charge in [0.2, 0.25) is 5.91 Å². The smallest absolute Gasteiger partial charge is 0.217 e. The van der Waals surface area contributed by atoms with Gasteiger partial charge in [-0.3, -0.25) is 19.8 Å². The number of nitrogens with zero attached hydrogens (tertiary/aromatic N) is 6. The Morgan fingerprint density at radius 3 is 2.49 bits per heavy atom. The summed E-state index contributed by atoms with van der Waals surface area (Å²) in [7, 11) is 0. The average Bonchev–Trinajstić information content (AvgIpc) is 3.79. The minimum absolute atomic E-state index is 0.0508. The van der Waals surface area contributed by atoms with Crippen molar-refractivity contribution in [1.29, 1.82) is 5.26 Å². The van der Waals surface area contributed by atoms with Crippen LogP contribution in [0.4, 0.5) is 0 Å². The molecule has 59 heavy (non-hydrogen) atoms. The molecule has 0 radical (unpaired) electrons. The third kappa shape index (κ3) is 11.0. The van der Waals surface area contributed by atoms with Crippen molar-refractivity contribution in [1.82, 2.24) is 35.3 Å². The van der Waals surface area contributed by atoms with E-state index >= 15 is 0 Å². The van der Waals surface area contributed by atoms with Crippen LogP contribution in [0.1, 0.15) is 84.2 Å². The van der Waals surface area contributed by atoms with Gasteiger partial charge in [0.1, 0.15) is 48.7 Å². The molecule has 7 rings (SSSR count). The zero-order valence-electron chi connectivity index (χ0n) is 34.2. The standard InChI is InChI=1S/C46H53ClN8O4/c1-31-37(8-4-10-40(31)41-11-5-12-43(32(41)2)57-19-7-16-54-17-13-39(14-18-54)52-33(3)56)29-59-45-22-44(58-28-35-20-34(23-48)24-49-25-35)38(21-42(45)47)27-55-15-6-9-36(26-55)46-50-30-51-53-46/h4-5,8,10-12,20-22,24-25,30,36,39H,6-7,9,13-19,26-29H2,1-3H3,(H,52,56)(H,50,51,53). The number of nitriles is 1. The molecule has 0 spiro atoms. The highest BCUT2D eigenvalue weighted by atomic mass is 35.5. The molecule has 2 aliphatic rings. The van der Waals surface area contributed by atoms with Crippen LogP contribution in [0.3, 0.4) is 0 Å². The van der Waals surface area contributed by atoms with E-state index in [1.165, 1.54) is 0 Å². The first-order chi connectivity index (χ1) is 28.7. The molecule has 5 aromatic rings. The van der Waals surface area contributed by atoms with Gasteiger partial charge in [0.25, 0.3) is 0 Å². The van der Waals surface area contributed by atoms with Crippen LogP contribution in [0, 0.1) is 25.2 Å². The third-order valence-corrected chi connectivity index (χ3v) is 11.7. The number of piperidine rings is 2. The number of carbonyl (C=O) groups excluding carboxylic acids is 1. The van der Waals surface area contributed by atoms with E-state index in [0.29, 0.717) is 41.8 Å². The Labute approximate surface area is 351 Å². The van der Waals surface area contributed by atoms with Crippen molar-refractivity contribution >= 4 is 17.5 Å². The van der Waals surface area contributed by atoms with Gasteiger partial charge in [-0.15, -0.1) is 0 Å². The van der Waals surface area contributed by atoms with Crippen molar-refractivity contribution in [3.63, 3.8) is 0 Å². The van der Waals surface area contributed by atoms with Crippen molar-refractivity contribution in [2.75, 3.05) is 39.3 Å². The van der Waals surface area contributed by atoms with Crippen molar-refractivity contribution < 1.29 is 19.0 Å². The average molecular weight is 817 g/mol. The second-order valence-corrected chi connectivity index (χ2v) is 16.1. The Kier molecular flexibility index (Phi) is 14.1. The van der Waals surface area contributed by atoms with E-state index in [2.05, 4.69) is 85.5 Å². The number of H-pyrrole nitrogens is 1. The van der Waals surface area contributed by atoms with Crippen molar-refractivity contribution in [3.05, 3.63) is 118 Å². The Hall–Kier alpha value is -5.48. The van der Waals surface area contributed by atoms with E-state index in [-0.39, 0.29) is 24.5 Å². The lowest BCUT2D eigenvalue weighted by Gasteiger charge is -2.32. The first kappa shape index (κ1) is 41.7. The van der Waals surface area contributed by atoms with Crippen LogP contribution < -0.4 is 19.5 Å². The minimum Gasteiger partial charge on any atom is -0.493 e. The molecule has 2 fully saturated rings. The molecule has 2 N–H and O–H groups in total. The summed E-state index contributed by atoms with van der Waals surface area (Å²) in [6.45, 7) is 12.4. The number of ether oxygens (including phenoxy) is 3. The number of amides is 1. The number of benzene rings is 3. The third-order valence-electron chi connectivity index (χ3n) is 11.4. The fourth-order valence-corrected chi connectivity index (χ4v) is 8.46. The van der Waals surface area contributed by atoms with Crippen LogP contribution in [0.5, 0.6) is 17.2 Å². The van der Waals surface area contributed by atoms with Crippen LogP contribution in [0.2, 0.25) is 5.02 Å². The van der Waals surface area contributed by atoms with E-state index in [1.54, 1.807) is 31.7 Å². The fourth-order valence-electron chi connectivity index (χ4n) is 8.22. The topological polar surface area (TPSA) is 142 Å². The van der Waals surface area contributed by atoms with Gasteiger partial charge in [0.15, 0.2) is 0 Å². The quantitative estimate of drug-likeness (QED) is 0.0944. The maximum Gasteiger partial charge on any atom is 0.217 e. The van der Waals surface area contributed by atoms with Gasteiger partial charge in [-0.25, -0.2) is 4.98 Å². The van der Waals surface area contributed by atoms with E-state index in [1.807, 2.05) is 18.2 Å². The molecule has 308 valence electrons. The highest BCUT2D eigenvalue weighted by Crippen LogP contribution is 2.37. The second-order valence-electron chi connectivity index (χ2n) is 15.6. The number of hydrogen-bond acceptors (Lipinski definition) is 10. The minimum atomic E-state index is 0.0508. The molecule has 0 saturated carbocycles. The summed E-state index contributed by atoms with van der Waals surface area (Å²) in [5, 5.41) is 20.1. The number of hydrogen-bond donors (Lipinski definition) is 2. The number of aromatic amines is 1. The molecule has 0 aliphatic carbocycles. The lowest BCUT2D eigenvalue weighted by molar-refractivity contribution is -0.119. The van der Waals surface area contributed by atoms with Gasteiger partial charge >= 0.3 is 0 Å². The van der Waals surface area contributed by atoms with Crippen molar-refractivity contribution in [2.45, 2.75) is 84.6 Å². The van der Waals surface area contributed by atoms with E-state index in [0.717, 1.165) is 115 Å². The van der Waals surface area contributed by atoms with Crippen LogP contribution in [0.25, 0.3) is 11.1 Å². The van der Waals surface area contributed by atoms with E-state index < -0.39 is 0 Å². The zero-order valence-corrected chi connectivity index (χ0v) is 34.9. The first-order valence-electron chi connectivity index (χ1n) is 20.5. The summed E-state index contributed by atoms with van der Waals surface area (Å²) >= 11 is 6.98. The lowest BCUT2D eigenvalue weighted by atomic mass is 9.93. The molecule has 1 atom stereocenters. The van der Waals surface area contributed by atoms with Crippen molar-refractivity contribution in [2.24, 2.45) is 0 Å². The summed E-state index contributed by atoms with van der Waals surface area (Å²) < 4.78 is 19.3. The van der Waals surface area contributed by atoms with Gasteiger partial charge in [-0.1, -0.05) is 41.9 Å². The monoisotopic (exact) mass is 816 g/mol. The fraction of sp³-hybridized carbons (Fsp3) is 0.413. The molecule has 13 heteroatoms. The van der Waals surface area contributed by atoms with Crippen LogP contribution >= 0.6 is 11.6 Å². The summed E-state index contributed by atoms with van der Waals surface area (Å²) in [6.07, 6.45) is 9.82. The van der Waals surface area contributed by atoms with Gasteiger partial charge in [-0.2, -0.15) is 10.4 Å². The Balaban J connectivity index is 1.02. The number of carbonyl (C=O) groups is 1. The first-order valence-corrected chi connectivity index (χ1v) is 20.9. The number of halogens is 1. The van der Waals surface area contributed by atoms with Gasteiger partial charge in [0.05, 0.1) is 17.2 Å². The van der Waals surface area contributed by atoms with Crippen LogP contribution in [-0.2, 0) is 24.6 Å². The molecule has 4 heterocycles. The normalized spacial score (nSPS) is 16.4. The summed E-state index contributed by atoms with van der Waals surface area (Å²) in [5.74, 6) is 3.32. The molecule has 0 bridgehead atoms. The van der Waals surface area contributed by atoms with E-state index in [4.69, 9.17) is 25.8 Å². The summed E-state index contributed by atoms with van der Waals surface area (Å²) in [5.41, 5.74) is 7.74. The molecular formula is C46H53ClN8O4. The van der Waals surface area contributed by atoms with Gasteiger partial charge in [0, 0.05) is 81.2 Å². The van der Waals surface area contributed by atoms with Gasteiger partial charge in [-0.05, 0) is 98.5 Å². The predicted molar refractivity (Wildman–Crippen MR) is 227 cm³/mol. The zero-order chi connectivity index (χ0) is 41.1. The maximum absolute atomic E-state index is 11.4.